The third-order valence-electron chi connectivity index (χ3n) is 2.61. The van der Waals surface area contributed by atoms with Crippen LogP contribution in [0.25, 0.3) is 0 Å². The summed E-state index contributed by atoms with van der Waals surface area (Å²) in [6, 6.07) is -2.12. The van der Waals surface area contributed by atoms with Gasteiger partial charge in [-0.2, -0.15) is 0 Å². The molecule has 0 aliphatic carbocycles. The fraction of sp³-hybridized carbons (Fsp3) is 0.600. The minimum Gasteiger partial charge on any atom is -0.480 e. The number of aliphatic hydroxyl groups excluding tert-OH is 1. The largest absolute Gasteiger partial charge is 0.480 e. The van der Waals surface area contributed by atoms with Crippen LogP contribution in [0.15, 0.2) is 0 Å². The van der Waals surface area contributed by atoms with Crippen LogP contribution in [-0.2, 0) is 14.4 Å². The molecule has 19 heavy (non-hydrogen) atoms. The summed E-state index contributed by atoms with van der Waals surface area (Å²) < 4.78 is 0. The van der Waals surface area contributed by atoms with Gasteiger partial charge in [0.2, 0.25) is 11.8 Å². The first-order chi connectivity index (χ1) is 8.85. The van der Waals surface area contributed by atoms with Crippen molar-refractivity contribution in [3.63, 3.8) is 0 Å². The van der Waals surface area contributed by atoms with Crippen molar-refractivity contribution in [1.82, 2.24) is 15.5 Å². The molecular weight excluding hydrogens is 258 g/mol. The minimum absolute atomic E-state index is 0.0783. The highest BCUT2D eigenvalue weighted by Crippen LogP contribution is 2.06. The number of hydrogen-bond acceptors (Lipinski definition) is 5. The Morgan fingerprint density at radius 2 is 2.16 bits per heavy atom. The lowest BCUT2D eigenvalue weighted by Crippen LogP contribution is -2.57. The van der Waals surface area contributed by atoms with Gasteiger partial charge in [-0.1, -0.05) is 6.92 Å². The molecule has 2 atom stereocenters. The Bertz CT molecular complexity index is 410. The van der Waals surface area contributed by atoms with E-state index < -0.39 is 42.4 Å². The van der Waals surface area contributed by atoms with Crippen LogP contribution in [-0.4, -0.2) is 64.7 Å². The molecule has 1 saturated heterocycles. The second kappa shape index (κ2) is 6.14. The zero-order chi connectivity index (χ0) is 14.6. The summed E-state index contributed by atoms with van der Waals surface area (Å²) in [7, 11) is 0. The van der Waals surface area contributed by atoms with E-state index in [-0.39, 0.29) is 13.1 Å². The predicted octanol–water partition coefficient (Wildman–Crippen LogP) is -2.26. The van der Waals surface area contributed by atoms with Crippen LogP contribution in [0.2, 0.25) is 0 Å². The van der Waals surface area contributed by atoms with Crippen LogP contribution in [0.3, 0.4) is 0 Å². The van der Waals surface area contributed by atoms with Gasteiger partial charge >= 0.3 is 12.0 Å². The monoisotopic (exact) mass is 273 g/mol. The maximum absolute atomic E-state index is 11.5. The normalized spacial score (nSPS) is 20.7. The van der Waals surface area contributed by atoms with Gasteiger partial charge in [0, 0.05) is 6.54 Å². The summed E-state index contributed by atoms with van der Waals surface area (Å²) in [6.07, 6.45) is 0. The molecule has 1 unspecified atom stereocenters. The van der Waals surface area contributed by atoms with E-state index in [1.54, 1.807) is 6.92 Å². The highest BCUT2D eigenvalue weighted by atomic mass is 16.4. The summed E-state index contributed by atoms with van der Waals surface area (Å²) in [5.74, 6) is -2.96. The van der Waals surface area contributed by atoms with Gasteiger partial charge in [0.1, 0.15) is 12.6 Å². The third kappa shape index (κ3) is 3.91. The zero-order valence-electron chi connectivity index (χ0n) is 10.3. The molecule has 0 bridgehead atoms. The van der Waals surface area contributed by atoms with E-state index in [9.17, 15) is 19.2 Å². The average Bonchev–Trinajstić information content (AvgIpc) is 2.32. The lowest BCUT2D eigenvalue weighted by atomic mass is 10.1. The average molecular weight is 273 g/mol. The molecule has 9 nitrogen and oxygen atoms in total. The van der Waals surface area contributed by atoms with Crippen molar-refractivity contribution in [2.24, 2.45) is 5.92 Å². The number of amides is 4. The maximum Gasteiger partial charge on any atom is 0.328 e. The molecule has 1 heterocycles. The van der Waals surface area contributed by atoms with E-state index in [2.05, 4.69) is 10.6 Å². The fourth-order valence-electron chi connectivity index (χ4n) is 1.54. The molecule has 1 fully saturated rings. The first-order valence-electron chi connectivity index (χ1n) is 5.58. The van der Waals surface area contributed by atoms with Gasteiger partial charge < -0.3 is 20.4 Å². The zero-order valence-corrected chi connectivity index (χ0v) is 10.3. The number of aliphatic hydroxyl groups is 1. The quantitative estimate of drug-likeness (QED) is 0.446. The summed E-state index contributed by atoms with van der Waals surface area (Å²) in [5.41, 5.74) is 0. The summed E-state index contributed by atoms with van der Waals surface area (Å²) >= 11 is 0. The maximum atomic E-state index is 11.5. The molecule has 4 amide bonds. The summed E-state index contributed by atoms with van der Waals surface area (Å²) in [5, 5.41) is 21.5. The van der Waals surface area contributed by atoms with Gasteiger partial charge in [-0.05, 0) is 0 Å². The second-order valence-corrected chi connectivity index (χ2v) is 4.22. The number of carbonyl (C=O) groups excluding carboxylic acids is 3. The van der Waals surface area contributed by atoms with Gasteiger partial charge in [0.25, 0.3) is 0 Å². The number of nitrogens with zero attached hydrogens (tertiary/aromatic N) is 1. The summed E-state index contributed by atoms with van der Waals surface area (Å²) in [6.45, 7) is 0.546. The molecule has 0 aromatic rings. The Labute approximate surface area is 108 Å². The van der Waals surface area contributed by atoms with E-state index in [0.29, 0.717) is 0 Å². The van der Waals surface area contributed by atoms with Gasteiger partial charge in [0.05, 0.1) is 12.5 Å². The fourth-order valence-corrected chi connectivity index (χ4v) is 1.54. The molecule has 1 aliphatic heterocycles. The molecule has 9 heteroatoms. The smallest absolute Gasteiger partial charge is 0.328 e. The Morgan fingerprint density at radius 3 is 2.68 bits per heavy atom. The SMILES string of the molecule is CC1CN(CC(=O)N[C@@H](CO)C(=O)O)C(=O)NC1=O. The van der Waals surface area contributed by atoms with Crippen molar-refractivity contribution in [1.29, 1.82) is 0 Å². The van der Waals surface area contributed by atoms with E-state index in [0.717, 1.165) is 4.90 Å². The molecule has 0 spiro atoms. The van der Waals surface area contributed by atoms with Gasteiger partial charge in [-0.3, -0.25) is 14.9 Å². The minimum atomic E-state index is -1.42. The lowest BCUT2D eigenvalue weighted by molar-refractivity contribution is -0.143. The van der Waals surface area contributed by atoms with Crippen molar-refractivity contribution < 1.29 is 29.4 Å². The first kappa shape index (κ1) is 14.9. The Balaban J connectivity index is 2.54. The summed E-state index contributed by atoms with van der Waals surface area (Å²) in [4.78, 5) is 45.8. The number of carbonyl (C=O) groups is 4. The van der Waals surface area contributed by atoms with Crippen LogP contribution in [0.1, 0.15) is 6.92 Å². The standard InChI is InChI=1S/C10H15N3O6/c1-5-2-13(10(19)12-8(5)16)3-7(15)11-6(4-14)9(17)18/h5-6,14H,2-4H2,1H3,(H,11,15)(H,17,18)(H,12,16,19)/t5?,6-/m0/s1. The van der Waals surface area contributed by atoms with E-state index in [1.807, 2.05) is 0 Å². The number of nitrogens with one attached hydrogen (secondary N) is 2. The Hall–Kier alpha value is -2.16. The molecule has 1 aliphatic rings. The highest BCUT2D eigenvalue weighted by Gasteiger charge is 2.30. The van der Waals surface area contributed by atoms with Crippen molar-refractivity contribution in [2.75, 3.05) is 19.7 Å². The topological polar surface area (TPSA) is 136 Å². The second-order valence-electron chi connectivity index (χ2n) is 4.22. The predicted molar refractivity (Wildman–Crippen MR) is 60.9 cm³/mol. The van der Waals surface area contributed by atoms with Crippen molar-refractivity contribution in [3.05, 3.63) is 0 Å². The van der Waals surface area contributed by atoms with Crippen molar-refractivity contribution in [3.8, 4) is 0 Å². The molecule has 0 aromatic heterocycles. The number of imide groups is 1. The van der Waals surface area contributed by atoms with Crippen molar-refractivity contribution in [2.45, 2.75) is 13.0 Å². The van der Waals surface area contributed by atoms with E-state index in [1.165, 1.54) is 0 Å². The van der Waals surface area contributed by atoms with Crippen LogP contribution in [0, 0.1) is 5.92 Å². The van der Waals surface area contributed by atoms with Crippen LogP contribution < -0.4 is 10.6 Å². The Morgan fingerprint density at radius 1 is 1.53 bits per heavy atom. The van der Waals surface area contributed by atoms with Crippen LogP contribution in [0.5, 0.6) is 0 Å². The third-order valence-corrected chi connectivity index (χ3v) is 2.61. The molecule has 0 saturated carbocycles. The van der Waals surface area contributed by atoms with E-state index >= 15 is 0 Å². The van der Waals surface area contributed by atoms with Gasteiger partial charge in [-0.25, -0.2) is 9.59 Å². The van der Waals surface area contributed by atoms with Crippen LogP contribution in [0.4, 0.5) is 4.79 Å². The molecule has 1 rings (SSSR count). The number of carboxylic acids is 1. The van der Waals surface area contributed by atoms with Gasteiger partial charge in [0.15, 0.2) is 0 Å². The lowest BCUT2D eigenvalue weighted by Gasteiger charge is -2.30. The van der Waals surface area contributed by atoms with Crippen LogP contribution >= 0.6 is 0 Å². The molecule has 106 valence electrons. The molecule has 4 N–H and O–H groups in total. The molecular formula is C10H15N3O6. The van der Waals surface area contributed by atoms with E-state index in [4.69, 9.17) is 10.2 Å². The molecule has 0 radical (unpaired) electrons. The molecule has 0 aromatic carbocycles. The van der Waals surface area contributed by atoms with Crippen molar-refractivity contribution >= 4 is 23.8 Å². The number of carboxylic acid groups (broad SMARTS) is 1. The number of hydrogen-bond donors (Lipinski definition) is 4. The highest BCUT2D eigenvalue weighted by molar-refractivity contribution is 5.99. The first-order valence-corrected chi connectivity index (χ1v) is 5.58. The number of aliphatic carboxylic acids is 1. The number of rotatable bonds is 5. The Kier molecular flexibility index (Phi) is 4.81. The van der Waals surface area contributed by atoms with Gasteiger partial charge in [-0.15, -0.1) is 0 Å². The number of urea groups is 1.